The van der Waals surface area contributed by atoms with Gasteiger partial charge in [0.1, 0.15) is 0 Å². The molecule has 0 saturated heterocycles. The first-order chi connectivity index (χ1) is 8.19. The van der Waals surface area contributed by atoms with Crippen LogP contribution in [0.2, 0.25) is 5.02 Å². The third-order valence-electron chi connectivity index (χ3n) is 3.19. The summed E-state index contributed by atoms with van der Waals surface area (Å²) >= 11 is 6.03. The van der Waals surface area contributed by atoms with Crippen LogP contribution in [0.15, 0.2) is 24.3 Å². The lowest BCUT2D eigenvalue weighted by molar-refractivity contribution is 0.172. The maximum atomic E-state index is 10.0. The predicted molar refractivity (Wildman–Crippen MR) is 73.4 cm³/mol. The van der Waals surface area contributed by atoms with Crippen LogP contribution in [0.25, 0.3) is 0 Å². The second-order valence-corrected chi connectivity index (χ2v) is 4.79. The van der Waals surface area contributed by atoms with Crippen molar-refractivity contribution in [3.8, 4) is 0 Å². The molecular formula is C14H22ClNO. The molecule has 0 saturated carbocycles. The number of aliphatic hydroxyl groups excluding tert-OH is 1. The smallest absolute Gasteiger partial charge is 0.0928 e. The minimum Gasteiger partial charge on any atom is -0.387 e. The van der Waals surface area contributed by atoms with E-state index >= 15 is 0 Å². The van der Waals surface area contributed by atoms with Gasteiger partial charge in [-0.15, -0.1) is 0 Å². The molecule has 1 aromatic rings. The molecule has 2 N–H and O–H groups in total. The summed E-state index contributed by atoms with van der Waals surface area (Å²) in [7, 11) is 0. The Bertz CT molecular complexity index is 326. The summed E-state index contributed by atoms with van der Waals surface area (Å²) in [5, 5.41) is 13.9. The average molecular weight is 256 g/mol. The van der Waals surface area contributed by atoms with Crippen LogP contribution in [-0.2, 0) is 0 Å². The standard InChI is InChI=1S/C14H22ClNO/c1-3-11(4-2)9-16-10-14(17)12-7-5-6-8-13(12)15/h5-8,11,14,16-17H,3-4,9-10H2,1-2H3. The van der Waals surface area contributed by atoms with Gasteiger partial charge in [0.15, 0.2) is 0 Å². The number of halogens is 1. The molecule has 0 heterocycles. The van der Waals surface area contributed by atoms with Crippen LogP contribution in [0, 0.1) is 5.92 Å². The second-order valence-electron chi connectivity index (χ2n) is 4.38. The Hall–Kier alpha value is -0.570. The van der Waals surface area contributed by atoms with E-state index in [1.165, 1.54) is 12.8 Å². The molecule has 0 aliphatic rings. The van der Waals surface area contributed by atoms with Crippen molar-refractivity contribution in [1.82, 2.24) is 5.32 Å². The second kappa shape index (κ2) is 7.70. The first-order valence-electron chi connectivity index (χ1n) is 6.32. The summed E-state index contributed by atoms with van der Waals surface area (Å²) < 4.78 is 0. The summed E-state index contributed by atoms with van der Waals surface area (Å²) in [6.45, 7) is 5.90. The quantitative estimate of drug-likeness (QED) is 0.783. The first-order valence-corrected chi connectivity index (χ1v) is 6.70. The average Bonchev–Trinajstić information content (AvgIpc) is 2.35. The van der Waals surface area contributed by atoms with Crippen molar-refractivity contribution in [3.05, 3.63) is 34.9 Å². The van der Waals surface area contributed by atoms with Crippen LogP contribution in [0.3, 0.4) is 0 Å². The van der Waals surface area contributed by atoms with Crippen molar-refractivity contribution in [2.45, 2.75) is 32.8 Å². The first kappa shape index (κ1) is 14.5. The van der Waals surface area contributed by atoms with Gasteiger partial charge in [-0.2, -0.15) is 0 Å². The van der Waals surface area contributed by atoms with Crippen molar-refractivity contribution in [3.63, 3.8) is 0 Å². The Kier molecular flexibility index (Phi) is 6.56. The highest BCUT2D eigenvalue weighted by Gasteiger charge is 2.11. The lowest BCUT2D eigenvalue weighted by atomic mass is 10.0. The number of rotatable bonds is 7. The molecule has 0 aliphatic carbocycles. The van der Waals surface area contributed by atoms with E-state index in [0.29, 0.717) is 17.5 Å². The van der Waals surface area contributed by atoms with Crippen molar-refractivity contribution >= 4 is 11.6 Å². The van der Waals surface area contributed by atoms with Gasteiger partial charge in [0.2, 0.25) is 0 Å². The van der Waals surface area contributed by atoms with E-state index in [-0.39, 0.29) is 0 Å². The van der Waals surface area contributed by atoms with E-state index in [1.807, 2.05) is 18.2 Å². The van der Waals surface area contributed by atoms with Crippen molar-refractivity contribution in [1.29, 1.82) is 0 Å². The van der Waals surface area contributed by atoms with Crippen LogP contribution in [-0.4, -0.2) is 18.2 Å². The summed E-state index contributed by atoms with van der Waals surface area (Å²) in [5.41, 5.74) is 0.797. The zero-order valence-electron chi connectivity index (χ0n) is 10.6. The summed E-state index contributed by atoms with van der Waals surface area (Å²) in [6.07, 6.45) is 1.82. The van der Waals surface area contributed by atoms with Gasteiger partial charge in [-0.25, -0.2) is 0 Å². The van der Waals surface area contributed by atoms with E-state index in [1.54, 1.807) is 6.07 Å². The molecule has 0 fully saturated rings. The van der Waals surface area contributed by atoms with Crippen molar-refractivity contribution < 1.29 is 5.11 Å². The molecule has 0 aliphatic heterocycles. The van der Waals surface area contributed by atoms with E-state index in [4.69, 9.17) is 11.6 Å². The number of hydrogen-bond acceptors (Lipinski definition) is 2. The molecule has 0 aromatic heterocycles. The largest absolute Gasteiger partial charge is 0.387 e. The zero-order valence-corrected chi connectivity index (χ0v) is 11.4. The maximum Gasteiger partial charge on any atom is 0.0928 e. The third-order valence-corrected chi connectivity index (χ3v) is 3.53. The number of hydrogen-bond donors (Lipinski definition) is 2. The lowest BCUT2D eigenvalue weighted by Crippen LogP contribution is -2.27. The number of aliphatic hydroxyl groups is 1. The lowest BCUT2D eigenvalue weighted by Gasteiger charge is -2.17. The van der Waals surface area contributed by atoms with Crippen LogP contribution < -0.4 is 5.32 Å². The van der Waals surface area contributed by atoms with Gasteiger partial charge in [-0.05, 0) is 18.5 Å². The topological polar surface area (TPSA) is 32.3 Å². The molecule has 3 heteroatoms. The zero-order chi connectivity index (χ0) is 12.7. The predicted octanol–water partition coefficient (Wildman–Crippen LogP) is 3.40. The monoisotopic (exact) mass is 255 g/mol. The van der Waals surface area contributed by atoms with Crippen molar-refractivity contribution in [2.24, 2.45) is 5.92 Å². The molecule has 1 unspecified atom stereocenters. The Labute approximate surface area is 109 Å². The number of nitrogens with one attached hydrogen (secondary N) is 1. The van der Waals surface area contributed by atoms with Crippen LogP contribution in [0.4, 0.5) is 0 Å². The highest BCUT2D eigenvalue weighted by Crippen LogP contribution is 2.21. The van der Waals surface area contributed by atoms with E-state index in [0.717, 1.165) is 12.1 Å². The molecule has 1 aromatic carbocycles. The molecule has 0 spiro atoms. The van der Waals surface area contributed by atoms with E-state index in [9.17, 15) is 5.11 Å². The summed E-state index contributed by atoms with van der Waals surface area (Å²) in [5.74, 6) is 0.688. The normalized spacial score (nSPS) is 13.0. The molecule has 0 amide bonds. The van der Waals surface area contributed by atoms with Gasteiger partial charge in [0.05, 0.1) is 6.10 Å². The Balaban J connectivity index is 2.40. The molecule has 1 atom stereocenters. The van der Waals surface area contributed by atoms with E-state index in [2.05, 4.69) is 19.2 Å². The SMILES string of the molecule is CCC(CC)CNCC(O)c1ccccc1Cl. The van der Waals surface area contributed by atoms with Gasteiger partial charge >= 0.3 is 0 Å². The van der Waals surface area contributed by atoms with Gasteiger partial charge in [-0.1, -0.05) is 56.5 Å². The fourth-order valence-electron chi connectivity index (χ4n) is 1.86. The maximum absolute atomic E-state index is 10.0. The summed E-state index contributed by atoms with van der Waals surface area (Å²) in [4.78, 5) is 0. The molecule has 17 heavy (non-hydrogen) atoms. The molecule has 0 bridgehead atoms. The van der Waals surface area contributed by atoms with Crippen LogP contribution >= 0.6 is 11.6 Å². The van der Waals surface area contributed by atoms with E-state index < -0.39 is 6.10 Å². The fourth-order valence-corrected chi connectivity index (χ4v) is 2.12. The highest BCUT2D eigenvalue weighted by atomic mass is 35.5. The van der Waals surface area contributed by atoms with Crippen LogP contribution in [0.1, 0.15) is 38.4 Å². The Morgan fingerprint density at radius 1 is 1.18 bits per heavy atom. The molecule has 2 nitrogen and oxygen atoms in total. The van der Waals surface area contributed by atoms with Gasteiger partial charge < -0.3 is 10.4 Å². The minimum absolute atomic E-state index is 0.530. The molecule has 0 radical (unpaired) electrons. The summed E-state index contributed by atoms with van der Waals surface area (Å²) in [6, 6.07) is 7.44. The Morgan fingerprint density at radius 2 is 1.82 bits per heavy atom. The fraction of sp³-hybridized carbons (Fsp3) is 0.571. The minimum atomic E-state index is -0.530. The molecule has 1 rings (SSSR count). The van der Waals surface area contributed by atoms with Gasteiger partial charge in [-0.3, -0.25) is 0 Å². The molecule has 96 valence electrons. The Morgan fingerprint density at radius 3 is 2.41 bits per heavy atom. The third kappa shape index (κ3) is 4.66. The van der Waals surface area contributed by atoms with Crippen LogP contribution in [0.5, 0.6) is 0 Å². The molecular weight excluding hydrogens is 234 g/mol. The van der Waals surface area contributed by atoms with Crippen molar-refractivity contribution in [2.75, 3.05) is 13.1 Å². The van der Waals surface area contributed by atoms with Gasteiger partial charge in [0, 0.05) is 17.1 Å². The number of benzene rings is 1. The van der Waals surface area contributed by atoms with Gasteiger partial charge in [0.25, 0.3) is 0 Å². The highest BCUT2D eigenvalue weighted by molar-refractivity contribution is 6.31.